The molecule has 1 N–H and O–H groups in total. The van der Waals surface area contributed by atoms with Crippen LogP contribution in [0.25, 0.3) is 0 Å². The maximum atomic E-state index is 12.1. The lowest BCUT2D eigenvalue weighted by Gasteiger charge is -2.45. The highest BCUT2D eigenvalue weighted by Crippen LogP contribution is 2.23. The van der Waals surface area contributed by atoms with Crippen molar-refractivity contribution in [2.45, 2.75) is 39.2 Å². The van der Waals surface area contributed by atoms with Gasteiger partial charge in [-0.1, -0.05) is 0 Å². The summed E-state index contributed by atoms with van der Waals surface area (Å²) in [4.78, 5) is 37.8. The molecule has 102 valence electrons. The fourth-order valence-corrected chi connectivity index (χ4v) is 2.19. The minimum absolute atomic E-state index is 0.0574. The van der Waals surface area contributed by atoms with Crippen molar-refractivity contribution >= 4 is 17.8 Å². The lowest BCUT2D eigenvalue weighted by Crippen LogP contribution is -2.64. The lowest BCUT2D eigenvalue weighted by atomic mass is 9.96. The number of aliphatic carboxylic acids is 1. The third kappa shape index (κ3) is 2.80. The number of hydrogen-bond acceptors (Lipinski definition) is 3. The van der Waals surface area contributed by atoms with Crippen molar-refractivity contribution in [2.75, 3.05) is 19.6 Å². The fourth-order valence-electron chi connectivity index (χ4n) is 2.19. The van der Waals surface area contributed by atoms with Crippen molar-refractivity contribution in [1.82, 2.24) is 9.80 Å². The fraction of sp³-hybridized carbons (Fsp3) is 0.750. The second-order valence-corrected chi connectivity index (χ2v) is 4.88. The SMILES string of the molecule is CCN1CCN(C(=O)CCC(=O)O)C(C)(C)C1=O. The molecule has 0 bridgehead atoms. The number of rotatable bonds is 4. The van der Waals surface area contributed by atoms with Crippen LogP contribution in [0.15, 0.2) is 0 Å². The molecule has 0 aromatic carbocycles. The number of carboxylic acids is 1. The van der Waals surface area contributed by atoms with E-state index in [1.807, 2.05) is 6.92 Å². The second-order valence-electron chi connectivity index (χ2n) is 4.88. The Kier molecular flexibility index (Phi) is 4.32. The molecular formula is C12H20N2O4. The summed E-state index contributed by atoms with van der Waals surface area (Å²) in [5, 5.41) is 8.58. The number of amides is 2. The quantitative estimate of drug-likeness (QED) is 0.785. The van der Waals surface area contributed by atoms with E-state index in [4.69, 9.17) is 5.11 Å². The van der Waals surface area contributed by atoms with E-state index in [2.05, 4.69) is 0 Å². The molecular weight excluding hydrogens is 236 g/mol. The van der Waals surface area contributed by atoms with Gasteiger partial charge in [0.05, 0.1) is 6.42 Å². The average molecular weight is 256 g/mol. The normalized spacial score (nSPS) is 18.9. The molecule has 0 radical (unpaired) electrons. The van der Waals surface area contributed by atoms with Crippen LogP contribution in [0.1, 0.15) is 33.6 Å². The summed E-state index contributed by atoms with van der Waals surface area (Å²) in [7, 11) is 0. The standard InChI is InChI=1S/C12H20N2O4/c1-4-13-7-8-14(12(2,3)11(13)18)9(15)5-6-10(16)17/h4-8H2,1-3H3,(H,16,17). The van der Waals surface area contributed by atoms with Crippen molar-refractivity contribution in [3.05, 3.63) is 0 Å². The maximum absolute atomic E-state index is 12.1. The number of carbonyl (C=O) groups is 3. The molecule has 0 spiro atoms. The Hall–Kier alpha value is -1.59. The number of carboxylic acid groups (broad SMARTS) is 1. The van der Waals surface area contributed by atoms with Crippen LogP contribution in [-0.2, 0) is 14.4 Å². The van der Waals surface area contributed by atoms with E-state index in [0.717, 1.165) is 0 Å². The molecule has 0 saturated carbocycles. The zero-order valence-corrected chi connectivity index (χ0v) is 11.1. The van der Waals surface area contributed by atoms with E-state index in [0.29, 0.717) is 19.6 Å². The summed E-state index contributed by atoms with van der Waals surface area (Å²) >= 11 is 0. The zero-order chi connectivity index (χ0) is 13.9. The highest BCUT2D eigenvalue weighted by molar-refractivity contribution is 5.92. The Morgan fingerprint density at radius 2 is 1.89 bits per heavy atom. The van der Waals surface area contributed by atoms with E-state index in [1.54, 1.807) is 18.7 Å². The van der Waals surface area contributed by atoms with Gasteiger partial charge in [0.2, 0.25) is 11.8 Å². The van der Waals surface area contributed by atoms with Gasteiger partial charge in [0, 0.05) is 26.1 Å². The van der Waals surface area contributed by atoms with Crippen molar-refractivity contribution in [3.63, 3.8) is 0 Å². The van der Waals surface area contributed by atoms with Gasteiger partial charge in [-0.15, -0.1) is 0 Å². The monoisotopic (exact) mass is 256 g/mol. The van der Waals surface area contributed by atoms with Gasteiger partial charge in [0.15, 0.2) is 0 Å². The van der Waals surface area contributed by atoms with Gasteiger partial charge in [-0.3, -0.25) is 14.4 Å². The molecule has 0 atom stereocenters. The summed E-state index contributed by atoms with van der Waals surface area (Å²) in [6.45, 7) is 6.91. The Labute approximate surface area is 107 Å². The first-order valence-corrected chi connectivity index (χ1v) is 6.12. The molecule has 6 heteroatoms. The van der Waals surface area contributed by atoms with Crippen LogP contribution in [0.2, 0.25) is 0 Å². The van der Waals surface area contributed by atoms with Crippen molar-refractivity contribution in [3.8, 4) is 0 Å². The number of likely N-dealkylation sites (N-methyl/N-ethyl adjacent to an activating group) is 1. The molecule has 6 nitrogen and oxygen atoms in total. The van der Waals surface area contributed by atoms with Gasteiger partial charge in [-0.05, 0) is 20.8 Å². The smallest absolute Gasteiger partial charge is 0.303 e. The van der Waals surface area contributed by atoms with E-state index < -0.39 is 11.5 Å². The van der Waals surface area contributed by atoms with E-state index in [-0.39, 0.29) is 24.7 Å². The number of nitrogens with zero attached hydrogens (tertiary/aromatic N) is 2. The lowest BCUT2D eigenvalue weighted by molar-refractivity contribution is -0.159. The zero-order valence-electron chi connectivity index (χ0n) is 11.1. The topological polar surface area (TPSA) is 77.9 Å². The third-order valence-corrected chi connectivity index (χ3v) is 3.31. The summed E-state index contributed by atoms with van der Waals surface area (Å²) < 4.78 is 0. The largest absolute Gasteiger partial charge is 0.481 e. The predicted octanol–water partition coefficient (Wildman–Crippen LogP) is 0.320. The first-order chi connectivity index (χ1) is 8.30. The molecule has 2 amide bonds. The van der Waals surface area contributed by atoms with Crippen LogP contribution in [0, 0.1) is 0 Å². The third-order valence-electron chi connectivity index (χ3n) is 3.31. The molecule has 1 aliphatic rings. The van der Waals surface area contributed by atoms with Crippen molar-refractivity contribution < 1.29 is 19.5 Å². The predicted molar refractivity (Wildman–Crippen MR) is 64.9 cm³/mol. The Morgan fingerprint density at radius 3 is 2.39 bits per heavy atom. The first kappa shape index (κ1) is 14.5. The first-order valence-electron chi connectivity index (χ1n) is 6.12. The van der Waals surface area contributed by atoms with Crippen LogP contribution < -0.4 is 0 Å². The highest BCUT2D eigenvalue weighted by Gasteiger charge is 2.43. The molecule has 0 aromatic rings. The molecule has 0 aliphatic carbocycles. The number of hydrogen-bond donors (Lipinski definition) is 1. The summed E-state index contributed by atoms with van der Waals surface area (Å²) in [6, 6.07) is 0. The van der Waals surface area contributed by atoms with Gasteiger partial charge in [-0.25, -0.2) is 0 Å². The van der Waals surface area contributed by atoms with E-state index in [1.165, 1.54) is 4.90 Å². The molecule has 0 aromatic heterocycles. The van der Waals surface area contributed by atoms with Gasteiger partial charge in [-0.2, -0.15) is 0 Å². The van der Waals surface area contributed by atoms with Crippen molar-refractivity contribution in [1.29, 1.82) is 0 Å². The number of piperazine rings is 1. The van der Waals surface area contributed by atoms with Crippen molar-refractivity contribution in [2.24, 2.45) is 0 Å². The molecule has 1 aliphatic heterocycles. The van der Waals surface area contributed by atoms with Crippen LogP contribution in [-0.4, -0.2) is 57.9 Å². The van der Waals surface area contributed by atoms with Crippen LogP contribution >= 0.6 is 0 Å². The molecule has 18 heavy (non-hydrogen) atoms. The van der Waals surface area contributed by atoms with E-state index >= 15 is 0 Å². The number of carbonyl (C=O) groups excluding carboxylic acids is 2. The minimum Gasteiger partial charge on any atom is -0.481 e. The average Bonchev–Trinajstić information content (AvgIpc) is 2.29. The van der Waals surface area contributed by atoms with Gasteiger partial charge in [0.25, 0.3) is 0 Å². The summed E-state index contributed by atoms with van der Waals surface area (Å²) in [5.41, 5.74) is -0.885. The molecule has 1 fully saturated rings. The van der Waals surface area contributed by atoms with E-state index in [9.17, 15) is 14.4 Å². The van der Waals surface area contributed by atoms with Gasteiger partial charge < -0.3 is 14.9 Å². The highest BCUT2D eigenvalue weighted by atomic mass is 16.4. The second kappa shape index (κ2) is 5.37. The van der Waals surface area contributed by atoms with Gasteiger partial charge >= 0.3 is 5.97 Å². The maximum Gasteiger partial charge on any atom is 0.303 e. The minimum atomic E-state index is -1.00. The van der Waals surface area contributed by atoms with Crippen LogP contribution in [0.5, 0.6) is 0 Å². The Balaban J connectivity index is 2.75. The molecule has 1 saturated heterocycles. The summed E-state index contributed by atoms with van der Waals surface area (Å²) in [6.07, 6.45) is -0.255. The summed E-state index contributed by atoms with van der Waals surface area (Å²) in [5.74, 6) is -1.36. The Morgan fingerprint density at radius 1 is 1.28 bits per heavy atom. The van der Waals surface area contributed by atoms with Crippen LogP contribution in [0.4, 0.5) is 0 Å². The molecule has 1 heterocycles. The van der Waals surface area contributed by atoms with Gasteiger partial charge in [0.1, 0.15) is 5.54 Å². The molecule has 0 unspecified atom stereocenters. The Bertz CT molecular complexity index is 365. The van der Waals surface area contributed by atoms with Crippen LogP contribution in [0.3, 0.4) is 0 Å². The molecule has 1 rings (SSSR count).